The molecule has 1 aliphatic rings. The molecule has 0 N–H and O–H groups in total. The molecular weight excluding hydrogens is 392 g/mol. The summed E-state index contributed by atoms with van der Waals surface area (Å²) in [6.45, 7) is 9.17. The molecule has 0 unspecified atom stereocenters. The van der Waals surface area contributed by atoms with Crippen LogP contribution in [0.1, 0.15) is 54.5 Å². The van der Waals surface area contributed by atoms with E-state index in [0.29, 0.717) is 5.92 Å². The van der Waals surface area contributed by atoms with E-state index < -0.39 is 0 Å². The first-order valence-electron chi connectivity index (χ1n) is 11.0. The van der Waals surface area contributed by atoms with E-state index in [1.165, 1.54) is 50.1 Å². The highest BCUT2D eigenvalue weighted by atomic mass is 32.1. The van der Waals surface area contributed by atoms with Crippen molar-refractivity contribution in [2.24, 2.45) is 0 Å². The highest BCUT2D eigenvalue weighted by Crippen LogP contribution is 2.49. The summed E-state index contributed by atoms with van der Waals surface area (Å²) >= 11 is 4.76. The van der Waals surface area contributed by atoms with Gasteiger partial charge in [0.05, 0.1) is 0 Å². The Morgan fingerprint density at radius 2 is 1.26 bits per heavy atom. The Hall–Kier alpha value is -2.77. The van der Waals surface area contributed by atoms with E-state index in [0.717, 1.165) is 4.90 Å². The third-order valence-corrected chi connectivity index (χ3v) is 7.45. The Morgan fingerprint density at radius 1 is 0.645 bits per heavy atom. The molecule has 0 amide bonds. The second-order valence-electron chi connectivity index (χ2n) is 9.29. The highest BCUT2D eigenvalue weighted by Gasteiger charge is 2.35. The van der Waals surface area contributed by atoms with Crippen molar-refractivity contribution in [1.82, 2.24) is 0 Å². The molecule has 5 rings (SSSR count). The van der Waals surface area contributed by atoms with Crippen LogP contribution >= 0.6 is 12.6 Å². The minimum absolute atomic E-state index is 0.0307. The molecule has 0 bridgehead atoms. The summed E-state index contributed by atoms with van der Waals surface area (Å²) in [6.07, 6.45) is 0. The number of hydrogen-bond donors (Lipinski definition) is 1. The molecular formula is C30H28S. The Balaban J connectivity index is 1.57. The molecule has 0 nitrogen and oxygen atoms in total. The molecule has 0 saturated heterocycles. The fourth-order valence-corrected chi connectivity index (χ4v) is 5.36. The first kappa shape index (κ1) is 20.2. The second-order valence-corrected chi connectivity index (χ2v) is 9.77. The zero-order valence-electron chi connectivity index (χ0n) is 18.6. The van der Waals surface area contributed by atoms with Crippen LogP contribution in [0.5, 0.6) is 0 Å². The van der Waals surface area contributed by atoms with Gasteiger partial charge >= 0.3 is 0 Å². The van der Waals surface area contributed by atoms with Gasteiger partial charge in [-0.05, 0) is 69.1 Å². The zero-order valence-corrected chi connectivity index (χ0v) is 19.5. The molecule has 31 heavy (non-hydrogen) atoms. The van der Waals surface area contributed by atoms with E-state index >= 15 is 0 Å². The Labute approximate surface area is 191 Å². The fraction of sp³-hybridized carbons (Fsp3) is 0.200. The van der Waals surface area contributed by atoms with Gasteiger partial charge in [0, 0.05) is 16.2 Å². The summed E-state index contributed by atoms with van der Waals surface area (Å²) in [5.74, 6) is 0.307. The van der Waals surface area contributed by atoms with Gasteiger partial charge < -0.3 is 0 Å². The monoisotopic (exact) mass is 420 g/mol. The third-order valence-electron chi connectivity index (χ3n) is 7.06. The van der Waals surface area contributed by atoms with Crippen LogP contribution in [0.25, 0.3) is 22.3 Å². The standard InChI is InChI=1S/C30H28S/c1-19-9-5-6-10-23(19)26-17-21(14-16-29(26)31)20(2)22-13-15-25-24-11-7-8-12-27(24)30(3,4)28(25)18-22/h5-18,20,31H,1-4H3/t20-/m0/s1. The number of aryl methyl sites for hydroxylation is 1. The first-order valence-corrected chi connectivity index (χ1v) is 11.5. The van der Waals surface area contributed by atoms with Crippen molar-refractivity contribution in [3.8, 4) is 22.3 Å². The molecule has 0 radical (unpaired) electrons. The summed E-state index contributed by atoms with van der Waals surface area (Å²) in [4.78, 5) is 1.02. The van der Waals surface area contributed by atoms with E-state index in [1.807, 2.05) is 0 Å². The van der Waals surface area contributed by atoms with Gasteiger partial charge in [-0.3, -0.25) is 0 Å². The van der Waals surface area contributed by atoms with E-state index in [4.69, 9.17) is 12.6 Å². The molecule has 4 aromatic carbocycles. The second kappa shape index (κ2) is 7.43. The molecule has 154 valence electrons. The van der Waals surface area contributed by atoms with Crippen molar-refractivity contribution >= 4 is 12.6 Å². The molecule has 1 aliphatic carbocycles. The molecule has 0 fully saturated rings. The largest absolute Gasteiger partial charge is 0.143 e. The van der Waals surface area contributed by atoms with E-state index in [-0.39, 0.29) is 5.41 Å². The predicted octanol–water partition coefficient (Wildman–Crippen LogP) is 8.41. The topological polar surface area (TPSA) is 0 Å². The van der Waals surface area contributed by atoms with Crippen LogP contribution in [0.3, 0.4) is 0 Å². The van der Waals surface area contributed by atoms with Gasteiger partial charge in [-0.2, -0.15) is 0 Å². The van der Waals surface area contributed by atoms with Gasteiger partial charge in [0.2, 0.25) is 0 Å². The van der Waals surface area contributed by atoms with Crippen molar-refractivity contribution < 1.29 is 0 Å². The van der Waals surface area contributed by atoms with Crippen LogP contribution in [0, 0.1) is 6.92 Å². The molecule has 0 heterocycles. The normalized spacial score (nSPS) is 14.7. The SMILES string of the molecule is Cc1ccccc1-c1cc([C@H](C)c2ccc3c(c2)C(C)(C)c2ccccc2-3)ccc1S. The van der Waals surface area contributed by atoms with Crippen LogP contribution in [0.15, 0.2) is 89.8 Å². The predicted molar refractivity (Wildman–Crippen MR) is 135 cm³/mol. The van der Waals surface area contributed by atoms with E-state index in [2.05, 4.69) is 113 Å². The number of fused-ring (bicyclic) bond motifs is 3. The summed E-state index contributed by atoms with van der Waals surface area (Å²) in [5.41, 5.74) is 12.1. The lowest BCUT2D eigenvalue weighted by atomic mass is 9.80. The highest BCUT2D eigenvalue weighted by molar-refractivity contribution is 7.80. The summed E-state index contributed by atoms with van der Waals surface area (Å²) in [7, 11) is 0. The number of benzene rings is 4. The van der Waals surface area contributed by atoms with Gasteiger partial charge in [-0.15, -0.1) is 12.6 Å². The first-order chi connectivity index (χ1) is 14.9. The van der Waals surface area contributed by atoms with E-state index in [1.54, 1.807) is 0 Å². The fourth-order valence-electron chi connectivity index (χ4n) is 5.10. The van der Waals surface area contributed by atoms with Gasteiger partial charge in [0.15, 0.2) is 0 Å². The lowest BCUT2D eigenvalue weighted by Crippen LogP contribution is -2.15. The summed E-state index contributed by atoms with van der Waals surface area (Å²) < 4.78 is 0. The van der Waals surface area contributed by atoms with Crippen LogP contribution in [0.4, 0.5) is 0 Å². The quantitative estimate of drug-likeness (QED) is 0.316. The molecule has 0 aliphatic heterocycles. The smallest absolute Gasteiger partial charge is 0.0158 e. The molecule has 1 heteroatoms. The van der Waals surface area contributed by atoms with Crippen molar-refractivity contribution in [3.05, 3.63) is 113 Å². The third kappa shape index (κ3) is 3.23. The zero-order chi connectivity index (χ0) is 21.8. The van der Waals surface area contributed by atoms with Crippen molar-refractivity contribution in [3.63, 3.8) is 0 Å². The summed E-state index contributed by atoms with van der Waals surface area (Å²) in [6, 6.07) is 31.1. The Kier molecular flexibility index (Phi) is 4.83. The molecule has 0 saturated carbocycles. The van der Waals surface area contributed by atoms with Crippen LogP contribution in [-0.4, -0.2) is 0 Å². The lowest BCUT2D eigenvalue weighted by Gasteiger charge is -2.23. The molecule has 0 aromatic heterocycles. The average molecular weight is 421 g/mol. The van der Waals surface area contributed by atoms with Crippen LogP contribution < -0.4 is 0 Å². The lowest BCUT2D eigenvalue weighted by molar-refractivity contribution is 0.658. The van der Waals surface area contributed by atoms with Crippen molar-refractivity contribution in [1.29, 1.82) is 0 Å². The maximum Gasteiger partial charge on any atom is 0.0158 e. The van der Waals surface area contributed by atoms with Gasteiger partial charge in [0.1, 0.15) is 0 Å². The van der Waals surface area contributed by atoms with Crippen molar-refractivity contribution in [2.45, 2.75) is 43.9 Å². The molecule has 0 spiro atoms. The van der Waals surface area contributed by atoms with Gasteiger partial charge in [0.25, 0.3) is 0 Å². The average Bonchev–Trinajstić information content (AvgIpc) is 3.01. The Morgan fingerprint density at radius 3 is 2.03 bits per heavy atom. The van der Waals surface area contributed by atoms with Crippen molar-refractivity contribution in [2.75, 3.05) is 0 Å². The minimum atomic E-state index is 0.0307. The van der Waals surface area contributed by atoms with Crippen LogP contribution in [-0.2, 0) is 5.41 Å². The number of thiol groups is 1. The van der Waals surface area contributed by atoms with Crippen LogP contribution in [0.2, 0.25) is 0 Å². The molecule has 1 atom stereocenters. The maximum atomic E-state index is 4.76. The van der Waals surface area contributed by atoms with E-state index in [9.17, 15) is 0 Å². The Bertz CT molecular complexity index is 1300. The van der Waals surface area contributed by atoms with Gasteiger partial charge in [-0.1, -0.05) is 93.6 Å². The number of hydrogen-bond acceptors (Lipinski definition) is 1. The molecule has 4 aromatic rings. The summed E-state index contributed by atoms with van der Waals surface area (Å²) in [5, 5.41) is 0. The number of rotatable bonds is 3. The maximum absolute atomic E-state index is 4.76. The van der Waals surface area contributed by atoms with Gasteiger partial charge in [-0.25, -0.2) is 0 Å². The minimum Gasteiger partial charge on any atom is -0.143 e.